The SMILES string of the molecule is Cn1c(C(=O)NC2CC(C)(C)NC(C)(C)C2)cc2cc(C(F)(F)F)ccc21. The molecule has 0 bridgehead atoms. The third-order valence-corrected chi connectivity index (χ3v) is 5.13. The van der Waals surface area contributed by atoms with E-state index in [1.807, 2.05) is 0 Å². The lowest BCUT2D eigenvalue weighted by Gasteiger charge is -2.46. The van der Waals surface area contributed by atoms with Gasteiger partial charge in [-0.3, -0.25) is 4.79 Å². The number of aromatic nitrogens is 1. The molecule has 1 saturated heterocycles. The lowest BCUT2D eigenvalue weighted by molar-refractivity contribution is -0.137. The summed E-state index contributed by atoms with van der Waals surface area (Å²) >= 11 is 0. The average molecular weight is 381 g/mol. The van der Waals surface area contributed by atoms with Crippen molar-refractivity contribution in [1.29, 1.82) is 0 Å². The summed E-state index contributed by atoms with van der Waals surface area (Å²) in [6, 6.07) is 5.06. The van der Waals surface area contributed by atoms with Crippen LogP contribution in [0.15, 0.2) is 24.3 Å². The second-order valence-corrected chi connectivity index (χ2v) is 8.83. The Morgan fingerprint density at radius 1 is 1.15 bits per heavy atom. The van der Waals surface area contributed by atoms with Crippen LogP contribution in [0.1, 0.15) is 56.6 Å². The Kier molecular flexibility index (Phi) is 4.57. The summed E-state index contributed by atoms with van der Waals surface area (Å²) in [5.74, 6) is -0.263. The highest BCUT2D eigenvalue weighted by molar-refractivity contribution is 5.99. The molecule has 0 atom stereocenters. The zero-order valence-corrected chi connectivity index (χ0v) is 16.3. The molecule has 4 nitrogen and oxygen atoms in total. The van der Waals surface area contributed by atoms with E-state index in [4.69, 9.17) is 0 Å². The predicted molar refractivity (Wildman–Crippen MR) is 99.7 cm³/mol. The van der Waals surface area contributed by atoms with Gasteiger partial charge in [-0.15, -0.1) is 0 Å². The first-order valence-electron chi connectivity index (χ1n) is 9.04. The molecular weight excluding hydrogens is 355 g/mol. The molecule has 0 aliphatic carbocycles. The van der Waals surface area contributed by atoms with Crippen LogP contribution in [0.3, 0.4) is 0 Å². The summed E-state index contributed by atoms with van der Waals surface area (Å²) in [6.45, 7) is 8.40. The van der Waals surface area contributed by atoms with E-state index in [9.17, 15) is 18.0 Å². The largest absolute Gasteiger partial charge is 0.416 e. The minimum atomic E-state index is -4.40. The highest BCUT2D eigenvalue weighted by Gasteiger charge is 2.38. The smallest absolute Gasteiger partial charge is 0.348 e. The second kappa shape index (κ2) is 6.26. The highest BCUT2D eigenvalue weighted by atomic mass is 19.4. The van der Waals surface area contributed by atoms with Gasteiger partial charge in [-0.1, -0.05) is 0 Å². The number of benzene rings is 1. The van der Waals surface area contributed by atoms with Gasteiger partial charge in [0, 0.05) is 35.1 Å². The predicted octanol–water partition coefficient (Wildman–Crippen LogP) is 4.24. The molecule has 1 aromatic heterocycles. The molecule has 0 unspecified atom stereocenters. The first-order valence-corrected chi connectivity index (χ1v) is 9.04. The topological polar surface area (TPSA) is 46.1 Å². The zero-order valence-electron chi connectivity index (χ0n) is 16.3. The Balaban J connectivity index is 1.86. The zero-order chi connectivity index (χ0) is 20.2. The molecule has 2 N–H and O–H groups in total. The highest BCUT2D eigenvalue weighted by Crippen LogP contribution is 2.32. The Labute approximate surface area is 157 Å². The van der Waals surface area contributed by atoms with Crippen LogP contribution >= 0.6 is 0 Å². The van der Waals surface area contributed by atoms with E-state index in [1.54, 1.807) is 11.6 Å². The number of aryl methyl sites for hydroxylation is 1. The van der Waals surface area contributed by atoms with E-state index in [-0.39, 0.29) is 23.0 Å². The summed E-state index contributed by atoms with van der Waals surface area (Å²) in [5, 5.41) is 7.04. The fourth-order valence-electron chi connectivity index (χ4n) is 4.43. The number of alkyl halides is 3. The monoisotopic (exact) mass is 381 g/mol. The quantitative estimate of drug-likeness (QED) is 0.818. The molecule has 2 heterocycles. The summed E-state index contributed by atoms with van der Waals surface area (Å²) < 4.78 is 40.5. The number of amides is 1. The van der Waals surface area contributed by atoms with Crippen LogP contribution in [0.25, 0.3) is 10.9 Å². The van der Waals surface area contributed by atoms with Crippen molar-refractivity contribution < 1.29 is 18.0 Å². The Bertz CT molecular complexity index is 864. The molecule has 148 valence electrons. The Morgan fingerprint density at radius 3 is 2.30 bits per heavy atom. The fraction of sp³-hybridized carbons (Fsp3) is 0.550. The van der Waals surface area contributed by atoms with Crippen LogP contribution in [-0.4, -0.2) is 27.6 Å². The number of carbonyl (C=O) groups is 1. The standard InChI is InChI=1S/C20H26F3N3O/c1-18(2)10-14(11-19(3,4)25-18)24-17(27)16-9-12-8-13(20(21,22)23)6-7-15(12)26(16)5/h6-9,14,25H,10-11H2,1-5H3,(H,24,27). The summed E-state index contributed by atoms with van der Waals surface area (Å²) in [5.41, 5.74) is 0.0208. The van der Waals surface area contributed by atoms with Crippen molar-refractivity contribution in [3.05, 3.63) is 35.5 Å². The van der Waals surface area contributed by atoms with Gasteiger partial charge >= 0.3 is 6.18 Å². The molecule has 0 saturated carbocycles. The van der Waals surface area contributed by atoms with Crippen LogP contribution in [0.5, 0.6) is 0 Å². The van der Waals surface area contributed by atoms with E-state index >= 15 is 0 Å². The lowest BCUT2D eigenvalue weighted by Crippen LogP contribution is -2.62. The molecule has 1 aromatic carbocycles. The average Bonchev–Trinajstić information content (AvgIpc) is 2.80. The van der Waals surface area contributed by atoms with E-state index in [0.717, 1.165) is 25.0 Å². The number of halogens is 3. The Hall–Kier alpha value is -2.02. The number of carbonyl (C=O) groups excluding carboxylic acids is 1. The molecule has 7 heteroatoms. The molecular formula is C20H26F3N3O. The van der Waals surface area contributed by atoms with E-state index in [2.05, 4.69) is 38.3 Å². The minimum absolute atomic E-state index is 0.00695. The van der Waals surface area contributed by atoms with Crippen LogP contribution in [0, 0.1) is 0 Å². The van der Waals surface area contributed by atoms with Gasteiger partial charge < -0.3 is 15.2 Å². The van der Waals surface area contributed by atoms with Crippen LogP contribution in [0.4, 0.5) is 13.2 Å². The van der Waals surface area contributed by atoms with Gasteiger partial charge in [-0.05, 0) is 64.8 Å². The van der Waals surface area contributed by atoms with Crippen molar-refractivity contribution in [2.45, 2.75) is 63.8 Å². The first kappa shape index (κ1) is 19.7. The normalized spacial score (nSPS) is 20.0. The number of hydrogen-bond acceptors (Lipinski definition) is 2. The summed E-state index contributed by atoms with van der Waals surface area (Å²) in [7, 11) is 1.70. The number of nitrogens with zero attached hydrogens (tertiary/aromatic N) is 1. The van der Waals surface area contributed by atoms with Crippen molar-refractivity contribution in [3.8, 4) is 0 Å². The van der Waals surface area contributed by atoms with Crippen molar-refractivity contribution in [2.75, 3.05) is 0 Å². The molecule has 2 aromatic rings. The Morgan fingerprint density at radius 2 is 1.74 bits per heavy atom. The van der Waals surface area contributed by atoms with Crippen LogP contribution in [-0.2, 0) is 13.2 Å². The maximum absolute atomic E-state index is 12.9. The number of nitrogens with one attached hydrogen (secondary N) is 2. The number of rotatable bonds is 2. The number of hydrogen-bond donors (Lipinski definition) is 2. The summed E-state index contributed by atoms with van der Waals surface area (Å²) in [4.78, 5) is 12.8. The van der Waals surface area contributed by atoms with Gasteiger partial charge in [0.1, 0.15) is 5.69 Å². The second-order valence-electron chi connectivity index (χ2n) is 8.83. The number of fused-ring (bicyclic) bond motifs is 1. The molecule has 3 rings (SSSR count). The number of piperidine rings is 1. The molecule has 0 radical (unpaired) electrons. The van der Waals surface area contributed by atoms with Crippen molar-refractivity contribution >= 4 is 16.8 Å². The van der Waals surface area contributed by atoms with E-state index in [0.29, 0.717) is 16.6 Å². The van der Waals surface area contributed by atoms with Crippen molar-refractivity contribution in [3.63, 3.8) is 0 Å². The molecule has 1 aliphatic heterocycles. The maximum atomic E-state index is 12.9. The molecule has 27 heavy (non-hydrogen) atoms. The van der Waals surface area contributed by atoms with Gasteiger partial charge in [0.15, 0.2) is 0 Å². The minimum Gasteiger partial charge on any atom is -0.348 e. The van der Waals surface area contributed by atoms with E-state index < -0.39 is 11.7 Å². The molecule has 1 aliphatic rings. The van der Waals surface area contributed by atoms with Crippen molar-refractivity contribution in [2.24, 2.45) is 7.05 Å². The van der Waals surface area contributed by atoms with Gasteiger partial charge in [-0.25, -0.2) is 0 Å². The third-order valence-electron chi connectivity index (χ3n) is 5.13. The summed E-state index contributed by atoms with van der Waals surface area (Å²) in [6.07, 6.45) is -2.84. The van der Waals surface area contributed by atoms with Gasteiger partial charge in [0.25, 0.3) is 5.91 Å². The van der Waals surface area contributed by atoms with Gasteiger partial charge in [0.05, 0.1) is 5.56 Å². The molecule has 0 spiro atoms. The fourth-order valence-corrected chi connectivity index (χ4v) is 4.43. The van der Waals surface area contributed by atoms with Gasteiger partial charge in [-0.2, -0.15) is 13.2 Å². The molecule has 1 fully saturated rings. The van der Waals surface area contributed by atoms with Crippen molar-refractivity contribution in [1.82, 2.24) is 15.2 Å². The maximum Gasteiger partial charge on any atom is 0.416 e. The first-order chi connectivity index (χ1) is 12.3. The lowest BCUT2D eigenvalue weighted by atomic mass is 9.79. The molecule has 1 amide bonds. The van der Waals surface area contributed by atoms with E-state index in [1.165, 1.54) is 12.1 Å². The van der Waals surface area contributed by atoms with Crippen LogP contribution in [0.2, 0.25) is 0 Å². The third kappa shape index (κ3) is 4.13. The van der Waals surface area contributed by atoms with Crippen LogP contribution < -0.4 is 10.6 Å². The van der Waals surface area contributed by atoms with Gasteiger partial charge in [0.2, 0.25) is 0 Å².